The highest BCUT2D eigenvalue weighted by Gasteiger charge is 2.16. The summed E-state index contributed by atoms with van der Waals surface area (Å²) in [7, 11) is 0. The smallest absolute Gasteiger partial charge is 0.161 e. The fourth-order valence-electron chi connectivity index (χ4n) is 1.69. The lowest BCUT2D eigenvalue weighted by atomic mass is 10.1. The van der Waals surface area contributed by atoms with Gasteiger partial charge in [-0.1, -0.05) is 30.8 Å². The Morgan fingerprint density at radius 1 is 1.44 bits per heavy atom. The number of benzene rings is 1. The van der Waals surface area contributed by atoms with Crippen LogP contribution in [0, 0.1) is 13.8 Å². The van der Waals surface area contributed by atoms with E-state index in [2.05, 4.69) is 49.3 Å². The van der Waals surface area contributed by atoms with Crippen LogP contribution in [0.25, 0.3) is 0 Å². The molecule has 2 rings (SSSR count). The van der Waals surface area contributed by atoms with E-state index in [1.165, 1.54) is 16.8 Å². The van der Waals surface area contributed by atoms with Gasteiger partial charge in [0.2, 0.25) is 0 Å². The molecule has 1 aliphatic rings. The fourth-order valence-corrected chi connectivity index (χ4v) is 2.76. The number of anilines is 1. The maximum Gasteiger partial charge on any atom is 0.161 e. The van der Waals surface area contributed by atoms with Gasteiger partial charge in [0, 0.05) is 11.4 Å². The molecule has 0 saturated carbocycles. The molecule has 0 radical (unpaired) electrons. The van der Waals surface area contributed by atoms with Gasteiger partial charge in [0.15, 0.2) is 5.17 Å². The van der Waals surface area contributed by atoms with E-state index in [1.54, 1.807) is 0 Å². The van der Waals surface area contributed by atoms with Crippen molar-refractivity contribution < 1.29 is 0 Å². The van der Waals surface area contributed by atoms with Gasteiger partial charge in [0.25, 0.3) is 0 Å². The molecular formula is C13H18N2S. The van der Waals surface area contributed by atoms with Crippen LogP contribution in [-0.4, -0.2) is 17.0 Å². The normalized spacial score (nSPS) is 19.7. The summed E-state index contributed by atoms with van der Waals surface area (Å²) in [5.74, 6) is 1.11. The zero-order valence-electron chi connectivity index (χ0n) is 10.1. The number of nitrogens with zero attached hydrogens (tertiary/aromatic N) is 1. The van der Waals surface area contributed by atoms with Gasteiger partial charge < -0.3 is 5.32 Å². The molecule has 3 heteroatoms. The van der Waals surface area contributed by atoms with Crippen molar-refractivity contribution in [3.8, 4) is 0 Å². The van der Waals surface area contributed by atoms with Gasteiger partial charge in [-0.25, -0.2) is 0 Å². The quantitative estimate of drug-likeness (QED) is 0.845. The number of rotatable bonds is 2. The zero-order chi connectivity index (χ0) is 11.5. The monoisotopic (exact) mass is 234 g/mol. The van der Waals surface area contributed by atoms with Crippen molar-refractivity contribution in [2.75, 3.05) is 11.1 Å². The summed E-state index contributed by atoms with van der Waals surface area (Å²) in [6, 6.07) is 6.84. The largest absolute Gasteiger partial charge is 0.335 e. The summed E-state index contributed by atoms with van der Waals surface area (Å²) in [6.45, 7) is 6.48. The van der Waals surface area contributed by atoms with Gasteiger partial charge in [-0.15, -0.1) is 0 Å². The van der Waals surface area contributed by atoms with Gasteiger partial charge in [-0.2, -0.15) is 0 Å². The van der Waals surface area contributed by atoms with Crippen LogP contribution in [0.2, 0.25) is 0 Å². The van der Waals surface area contributed by atoms with Crippen LogP contribution in [-0.2, 0) is 0 Å². The first-order valence-electron chi connectivity index (χ1n) is 5.74. The van der Waals surface area contributed by atoms with Crippen LogP contribution in [0.5, 0.6) is 0 Å². The minimum Gasteiger partial charge on any atom is -0.335 e. The molecule has 0 saturated heterocycles. The van der Waals surface area contributed by atoms with Crippen molar-refractivity contribution in [2.24, 2.45) is 4.99 Å². The summed E-state index contributed by atoms with van der Waals surface area (Å²) < 4.78 is 0. The molecule has 1 heterocycles. The second-order valence-corrected chi connectivity index (χ2v) is 5.19. The number of hydrogen-bond donors (Lipinski definition) is 1. The van der Waals surface area contributed by atoms with Crippen molar-refractivity contribution in [3.63, 3.8) is 0 Å². The average Bonchev–Trinajstić information content (AvgIpc) is 2.73. The lowest BCUT2D eigenvalue weighted by Crippen LogP contribution is -2.07. The lowest BCUT2D eigenvalue weighted by Gasteiger charge is -2.10. The summed E-state index contributed by atoms with van der Waals surface area (Å²) in [5, 5.41) is 4.50. The van der Waals surface area contributed by atoms with Crippen LogP contribution in [0.15, 0.2) is 23.2 Å². The highest BCUT2D eigenvalue weighted by molar-refractivity contribution is 8.14. The Bertz CT molecular complexity index is 412. The third kappa shape index (κ3) is 2.40. The van der Waals surface area contributed by atoms with E-state index < -0.39 is 0 Å². The molecule has 0 fully saturated rings. The van der Waals surface area contributed by atoms with Crippen LogP contribution < -0.4 is 5.32 Å². The van der Waals surface area contributed by atoms with E-state index in [1.807, 2.05) is 11.8 Å². The first kappa shape index (κ1) is 11.5. The van der Waals surface area contributed by atoms with Crippen LogP contribution in [0.4, 0.5) is 5.69 Å². The molecule has 1 aromatic carbocycles. The molecule has 1 atom stereocenters. The van der Waals surface area contributed by atoms with Gasteiger partial charge >= 0.3 is 0 Å². The topological polar surface area (TPSA) is 24.4 Å². The Labute approximate surface area is 102 Å². The van der Waals surface area contributed by atoms with Crippen LogP contribution in [0.3, 0.4) is 0 Å². The third-order valence-corrected chi connectivity index (χ3v) is 4.06. The first-order valence-corrected chi connectivity index (χ1v) is 6.73. The molecule has 2 nitrogen and oxygen atoms in total. The second kappa shape index (κ2) is 4.91. The number of amidine groups is 1. The van der Waals surface area contributed by atoms with E-state index in [0.29, 0.717) is 6.04 Å². The molecular weight excluding hydrogens is 216 g/mol. The highest BCUT2D eigenvalue weighted by Crippen LogP contribution is 2.24. The standard InChI is InChI=1S/C13H18N2S/c1-4-11-8-16-13(14-11)15-12-7-5-6-9(2)10(12)3/h5-7,11H,4,8H2,1-3H3,(H,14,15). The predicted octanol–water partition coefficient (Wildman–Crippen LogP) is 3.60. The molecule has 0 aliphatic carbocycles. The molecule has 0 spiro atoms. The molecule has 0 amide bonds. The molecule has 1 unspecified atom stereocenters. The van der Waals surface area contributed by atoms with Crippen molar-refractivity contribution in [3.05, 3.63) is 29.3 Å². The average molecular weight is 234 g/mol. The molecule has 1 aromatic rings. The van der Waals surface area contributed by atoms with Crippen molar-refractivity contribution >= 4 is 22.6 Å². The summed E-state index contributed by atoms with van der Waals surface area (Å²) in [5.41, 5.74) is 3.81. The lowest BCUT2D eigenvalue weighted by molar-refractivity contribution is 0.738. The maximum absolute atomic E-state index is 4.64. The van der Waals surface area contributed by atoms with Crippen LogP contribution in [0.1, 0.15) is 24.5 Å². The number of nitrogens with one attached hydrogen (secondary N) is 1. The molecule has 1 N–H and O–H groups in total. The van der Waals surface area contributed by atoms with E-state index in [9.17, 15) is 0 Å². The molecule has 1 aliphatic heterocycles. The van der Waals surface area contributed by atoms with Gasteiger partial charge in [0.05, 0.1) is 6.04 Å². The van der Waals surface area contributed by atoms with Crippen molar-refractivity contribution in [1.29, 1.82) is 0 Å². The van der Waals surface area contributed by atoms with E-state index in [4.69, 9.17) is 0 Å². The van der Waals surface area contributed by atoms with Crippen molar-refractivity contribution in [2.45, 2.75) is 33.2 Å². The van der Waals surface area contributed by atoms with E-state index in [-0.39, 0.29) is 0 Å². The predicted molar refractivity (Wildman–Crippen MR) is 73.5 cm³/mol. The Hall–Kier alpha value is -0.960. The number of aryl methyl sites for hydroxylation is 1. The maximum atomic E-state index is 4.64. The fraction of sp³-hybridized carbons (Fsp3) is 0.462. The van der Waals surface area contributed by atoms with Gasteiger partial charge in [0.1, 0.15) is 0 Å². The summed E-state index contributed by atoms with van der Waals surface area (Å²) in [4.78, 5) is 4.64. The summed E-state index contributed by atoms with van der Waals surface area (Å²) in [6.07, 6.45) is 1.13. The van der Waals surface area contributed by atoms with Gasteiger partial charge in [-0.05, 0) is 37.5 Å². The number of thioether (sulfide) groups is 1. The molecule has 16 heavy (non-hydrogen) atoms. The Balaban J connectivity index is 2.13. The molecule has 0 aromatic heterocycles. The Morgan fingerprint density at radius 2 is 2.25 bits per heavy atom. The third-order valence-electron chi connectivity index (χ3n) is 3.03. The molecule has 86 valence electrons. The minimum atomic E-state index is 0.498. The van der Waals surface area contributed by atoms with Crippen molar-refractivity contribution in [1.82, 2.24) is 0 Å². The van der Waals surface area contributed by atoms with E-state index >= 15 is 0 Å². The first-order chi connectivity index (χ1) is 7.70. The zero-order valence-corrected chi connectivity index (χ0v) is 10.9. The SMILES string of the molecule is CCC1CSC(Nc2cccc(C)c2C)=N1. The Morgan fingerprint density at radius 3 is 2.94 bits per heavy atom. The van der Waals surface area contributed by atoms with E-state index in [0.717, 1.165) is 17.3 Å². The van der Waals surface area contributed by atoms with Gasteiger partial charge in [-0.3, -0.25) is 4.99 Å². The number of hydrogen-bond acceptors (Lipinski definition) is 3. The van der Waals surface area contributed by atoms with Crippen LogP contribution >= 0.6 is 11.8 Å². The second-order valence-electron chi connectivity index (χ2n) is 4.18. The highest BCUT2D eigenvalue weighted by atomic mass is 32.2. The summed E-state index contributed by atoms with van der Waals surface area (Å²) >= 11 is 1.82. The Kier molecular flexibility index (Phi) is 3.54. The molecule has 0 bridgehead atoms. The number of aliphatic imine (C=N–C) groups is 1. The minimum absolute atomic E-state index is 0.498.